The fourth-order valence-corrected chi connectivity index (χ4v) is 3.16. The Balaban J connectivity index is 1.93. The van der Waals surface area contributed by atoms with Crippen LogP contribution in [-0.2, 0) is 4.74 Å². The average Bonchev–Trinajstić information content (AvgIpc) is 2.78. The number of hydrogen-bond donors (Lipinski definition) is 1. The Labute approximate surface area is 163 Å². The minimum atomic E-state index is -0.138. The van der Waals surface area contributed by atoms with Gasteiger partial charge in [0.1, 0.15) is 11.6 Å². The molecule has 142 valence electrons. The molecule has 1 heterocycles. The number of carbonyl (C=O) groups is 1. The van der Waals surface area contributed by atoms with Crippen LogP contribution in [0.15, 0.2) is 47.5 Å². The molecule has 0 bridgehead atoms. The maximum atomic E-state index is 12.6. The molecule has 0 spiro atoms. The molecule has 1 unspecified atom stereocenters. The van der Waals surface area contributed by atoms with Crippen molar-refractivity contribution in [2.24, 2.45) is 4.99 Å². The minimum Gasteiger partial charge on any atom is -0.497 e. The van der Waals surface area contributed by atoms with Crippen LogP contribution in [0.25, 0.3) is 0 Å². The molecular weight excluding hydrogens is 366 g/mol. The van der Waals surface area contributed by atoms with Crippen molar-refractivity contribution in [1.82, 2.24) is 10.2 Å². The third-order valence-electron chi connectivity index (χ3n) is 4.35. The van der Waals surface area contributed by atoms with Gasteiger partial charge < -0.3 is 19.7 Å². The molecule has 3 rings (SSSR count). The van der Waals surface area contributed by atoms with E-state index in [4.69, 9.17) is 21.1 Å². The number of benzene rings is 2. The Hall–Kier alpha value is -2.57. The summed E-state index contributed by atoms with van der Waals surface area (Å²) in [6.07, 6.45) is 0. The number of fused-ring (bicyclic) bond motifs is 1. The van der Waals surface area contributed by atoms with E-state index in [1.165, 1.54) is 0 Å². The number of amides is 1. The van der Waals surface area contributed by atoms with Gasteiger partial charge in [0.2, 0.25) is 0 Å². The lowest BCUT2D eigenvalue weighted by Gasteiger charge is -2.23. The second-order valence-corrected chi connectivity index (χ2v) is 6.75. The van der Waals surface area contributed by atoms with Crippen molar-refractivity contribution in [2.75, 3.05) is 34.4 Å². The van der Waals surface area contributed by atoms with Gasteiger partial charge in [-0.1, -0.05) is 23.7 Å². The van der Waals surface area contributed by atoms with Crippen LogP contribution in [0.2, 0.25) is 5.02 Å². The Morgan fingerprint density at radius 1 is 1.26 bits per heavy atom. The molecule has 2 aromatic carbocycles. The topological polar surface area (TPSA) is 63.2 Å². The summed E-state index contributed by atoms with van der Waals surface area (Å²) in [4.78, 5) is 18.9. The van der Waals surface area contributed by atoms with Crippen LogP contribution >= 0.6 is 11.6 Å². The first-order chi connectivity index (χ1) is 13.0. The summed E-state index contributed by atoms with van der Waals surface area (Å²) in [6, 6.07) is 12.8. The largest absolute Gasteiger partial charge is 0.497 e. The SMILES string of the molecule is COCC(NC1=Nc2ccc(Cl)cc2C(=O)N(C)C1)c1cccc(OC)c1. The first kappa shape index (κ1) is 19.2. The molecule has 0 fully saturated rings. The van der Waals surface area contributed by atoms with E-state index < -0.39 is 0 Å². The van der Waals surface area contributed by atoms with E-state index in [2.05, 4.69) is 10.3 Å². The standard InChI is InChI=1S/C20H22ClN3O3/c1-24-11-19(22-17-8-7-14(21)10-16(17)20(24)25)23-18(12-26-2)13-5-4-6-15(9-13)27-3/h4-10,18H,11-12H2,1-3H3,(H,22,23). The van der Waals surface area contributed by atoms with E-state index in [0.717, 1.165) is 11.3 Å². The lowest BCUT2D eigenvalue weighted by Crippen LogP contribution is -2.39. The van der Waals surface area contributed by atoms with Gasteiger partial charge in [-0.15, -0.1) is 0 Å². The highest BCUT2D eigenvalue weighted by atomic mass is 35.5. The van der Waals surface area contributed by atoms with E-state index in [0.29, 0.717) is 35.3 Å². The molecule has 0 saturated carbocycles. The van der Waals surface area contributed by atoms with E-state index in [-0.39, 0.29) is 11.9 Å². The second kappa shape index (κ2) is 8.41. The third-order valence-corrected chi connectivity index (χ3v) is 4.58. The van der Waals surface area contributed by atoms with E-state index in [1.807, 2.05) is 24.3 Å². The van der Waals surface area contributed by atoms with E-state index in [9.17, 15) is 4.79 Å². The van der Waals surface area contributed by atoms with Gasteiger partial charge in [0.05, 0.1) is 37.6 Å². The highest BCUT2D eigenvalue weighted by Crippen LogP contribution is 2.27. The zero-order valence-corrected chi connectivity index (χ0v) is 16.3. The third kappa shape index (κ3) is 4.40. The van der Waals surface area contributed by atoms with Crippen LogP contribution in [-0.4, -0.2) is 51.1 Å². The smallest absolute Gasteiger partial charge is 0.256 e. The quantitative estimate of drug-likeness (QED) is 0.853. The lowest BCUT2D eigenvalue weighted by molar-refractivity contribution is 0.0816. The van der Waals surface area contributed by atoms with Gasteiger partial charge in [-0.2, -0.15) is 0 Å². The predicted octanol–water partition coefficient (Wildman–Crippen LogP) is 3.44. The number of methoxy groups -OCH3 is 2. The molecule has 1 N–H and O–H groups in total. The van der Waals surface area contributed by atoms with Crippen LogP contribution < -0.4 is 10.1 Å². The zero-order chi connectivity index (χ0) is 19.4. The number of nitrogens with zero attached hydrogens (tertiary/aromatic N) is 2. The molecule has 0 aliphatic carbocycles. The summed E-state index contributed by atoms with van der Waals surface area (Å²) in [7, 11) is 5.03. The summed E-state index contributed by atoms with van der Waals surface area (Å²) in [5, 5.41) is 3.92. The molecule has 2 aromatic rings. The number of ether oxygens (including phenoxy) is 2. The van der Waals surface area contributed by atoms with Gasteiger partial charge in [0.25, 0.3) is 5.91 Å². The summed E-state index contributed by atoms with van der Waals surface area (Å²) in [5.41, 5.74) is 2.10. The number of likely N-dealkylation sites (N-methyl/N-ethyl adjacent to an activating group) is 1. The molecule has 0 saturated heterocycles. The van der Waals surface area contributed by atoms with Gasteiger partial charge in [-0.3, -0.25) is 4.79 Å². The van der Waals surface area contributed by atoms with Gasteiger partial charge in [-0.05, 0) is 35.9 Å². The molecule has 1 atom stereocenters. The van der Waals surface area contributed by atoms with Crippen molar-refractivity contribution in [3.05, 3.63) is 58.6 Å². The van der Waals surface area contributed by atoms with E-state index in [1.54, 1.807) is 44.4 Å². The number of aliphatic imine (C=N–C) groups is 1. The first-order valence-corrected chi connectivity index (χ1v) is 8.91. The van der Waals surface area contributed by atoms with Crippen LogP contribution in [0.5, 0.6) is 5.75 Å². The molecular formula is C20H22ClN3O3. The normalized spacial score (nSPS) is 14.9. The molecule has 6 nitrogen and oxygen atoms in total. The Bertz CT molecular complexity index is 869. The Morgan fingerprint density at radius 3 is 2.81 bits per heavy atom. The van der Waals surface area contributed by atoms with Crippen LogP contribution in [0.3, 0.4) is 0 Å². The number of hydrogen-bond acceptors (Lipinski definition) is 5. The van der Waals surface area contributed by atoms with Crippen molar-refractivity contribution in [2.45, 2.75) is 6.04 Å². The maximum absolute atomic E-state index is 12.6. The number of amidine groups is 1. The molecule has 0 radical (unpaired) electrons. The molecule has 27 heavy (non-hydrogen) atoms. The van der Waals surface area contributed by atoms with Crippen LogP contribution in [0.4, 0.5) is 5.69 Å². The fourth-order valence-electron chi connectivity index (χ4n) is 2.99. The summed E-state index contributed by atoms with van der Waals surface area (Å²) >= 11 is 6.05. The van der Waals surface area contributed by atoms with Crippen molar-refractivity contribution in [3.8, 4) is 5.75 Å². The first-order valence-electron chi connectivity index (χ1n) is 8.54. The Morgan fingerprint density at radius 2 is 2.07 bits per heavy atom. The number of nitrogens with one attached hydrogen (secondary N) is 1. The molecule has 7 heteroatoms. The Kier molecular flexibility index (Phi) is 5.98. The molecule has 1 aliphatic heterocycles. The maximum Gasteiger partial charge on any atom is 0.256 e. The number of rotatable bonds is 5. The molecule has 0 aromatic heterocycles. The monoisotopic (exact) mass is 387 g/mol. The summed E-state index contributed by atoms with van der Waals surface area (Å²) in [5.74, 6) is 1.33. The van der Waals surface area contributed by atoms with E-state index >= 15 is 0 Å². The average molecular weight is 388 g/mol. The fraction of sp³-hybridized carbons (Fsp3) is 0.300. The summed E-state index contributed by atoms with van der Waals surface area (Å²) < 4.78 is 10.7. The van der Waals surface area contributed by atoms with Gasteiger partial charge >= 0.3 is 0 Å². The highest BCUT2D eigenvalue weighted by molar-refractivity contribution is 6.31. The van der Waals surface area contributed by atoms with Gasteiger partial charge in [0, 0.05) is 19.2 Å². The molecule has 1 amide bonds. The lowest BCUT2D eigenvalue weighted by atomic mass is 10.1. The minimum absolute atomic E-state index is 0.113. The summed E-state index contributed by atoms with van der Waals surface area (Å²) in [6.45, 7) is 0.798. The number of halogens is 1. The van der Waals surface area contributed by atoms with Crippen molar-refractivity contribution in [3.63, 3.8) is 0 Å². The predicted molar refractivity (Wildman–Crippen MR) is 106 cm³/mol. The van der Waals surface area contributed by atoms with Crippen molar-refractivity contribution < 1.29 is 14.3 Å². The van der Waals surface area contributed by atoms with Crippen LogP contribution in [0, 0.1) is 0 Å². The zero-order valence-electron chi connectivity index (χ0n) is 15.5. The van der Waals surface area contributed by atoms with Gasteiger partial charge in [0.15, 0.2) is 0 Å². The second-order valence-electron chi connectivity index (χ2n) is 6.31. The van der Waals surface area contributed by atoms with Gasteiger partial charge in [-0.25, -0.2) is 4.99 Å². The highest BCUT2D eigenvalue weighted by Gasteiger charge is 2.24. The van der Waals surface area contributed by atoms with Crippen LogP contribution in [0.1, 0.15) is 22.0 Å². The number of carbonyl (C=O) groups excluding carboxylic acids is 1. The molecule has 1 aliphatic rings. The van der Waals surface area contributed by atoms with Crippen molar-refractivity contribution >= 4 is 29.0 Å². The van der Waals surface area contributed by atoms with Crippen molar-refractivity contribution in [1.29, 1.82) is 0 Å².